The molecule has 5 heteroatoms. The molecule has 0 aromatic heterocycles. The molecule has 4 nitrogen and oxygen atoms in total. The number of carbonyl (C=O) groups excluding carboxylic acids is 1. The Balaban J connectivity index is 2.42. The Morgan fingerprint density at radius 2 is 2.16 bits per heavy atom. The molecule has 1 aliphatic rings. The SMILES string of the molecule is CCC1(c2cccc(Cl)c2)NC(=NC(C)C)NC1=O. The lowest BCUT2D eigenvalue weighted by Gasteiger charge is -2.25. The quantitative estimate of drug-likeness (QED) is 0.893. The highest BCUT2D eigenvalue weighted by Crippen LogP contribution is 2.30. The fourth-order valence-electron chi connectivity index (χ4n) is 2.24. The number of guanidine groups is 1. The molecule has 1 atom stereocenters. The Hall–Kier alpha value is -1.55. The predicted molar refractivity (Wildman–Crippen MR) is 77.3 cm³/mol. The average molecular weight is 280 g/mol. The van der Waals surface area contributed by atoms with E-state index in [4.69, 9.17) is 11.6 Å². The molecular formula is C14H18ClN3O. The third kappa shape index (κ3) is 2.59. The van der Waals surface area contributed by atoms with Crippen molar-refractivity contribution < 1.29 is 4.79 Å². The molecule has 2 rings (SSSR count). The molecule has 1 aliphatic heterocycles. The summed E-state index contributed by atoms with van der Waals surface area (Å²) in [5.74, 6) is 0.443. The van der Waals surface area contributed by atoms with Crippen LogP contribution in [0.4, 0.5) is 0 Å². The molecule has 0 radical (unpaired) electrons. The number of aliphatic imine (C=N–C) groups is 1. The van der Waals surface area contributed by atoms with Gasteiger partial charge in [-0.3, -0.25) is 15.1 Å². The van der Waals surface area contributed by atoms with E-state index in [9.17, 15) is 4.79 Å². The topological polar surface area (TPSA) is 53.5 Å². The van der Waals surface area contributed by atoms with Crippen LogP contribution in [-0.4, -0.2) is 17.9 Å². The third-order valence-electron chi connectivity index (χ3n) is 3.19. The Bertz CT molecular complexity index is 527. The molecule has 19 heavy (non-hydrogen) atoms. The van der Waals surface area contributed by atoms with E-state index in [1.165, 1.54) is 0 Å². The van der Waals surface area contributed by atoms with Gasteiger partial charge >= 0.3 is 0 Å². The van der Waals surface area contributed by atoms with Crippen LogP contribution >= 0.6 is 11.6 Å². The van der Waals surface area contributed by atoms with Gasteiger partial charge in [0.25, 0.3) is 5.91 Å². The zero-order valence-electron chi connectivity index (χ0n) is 11.3. The molecule has 2 N–H and O–H groups in total. The second kappa shape index (κ2) is 5.21. The van der Waals surface area contributed by atoms with E-state index in [-0.39, 0.29) is 11.9 Å². The monoisotopic (exact) mass is 279 g/mol. The van der Waals surface area contributed by atoms with Crippen LogP contribution in [0.1, 0.15) is 32.8 Å². The van der Waals surface area contributed by atoms with E-state index < -0.39 is 5.54 Å². The van der Waals surface area contributed by atoms with Gasteiger partial charge in [-0.15, -0.1) is 0 Å². The van der Waals surface area contributed by atoms with Crippen LogP contribution in [0.5, 0.6) is 0 Å². The van der Waals surface area contributed by atoms with Crippen molar-refractivity contribution in [3.63, 3.8) is 0 Å². The van der Waals surface area contributed by atoms with Gasteiger partial charge in [0, 0.05) is 11.1 Å². The maximum Gasteiger partial charge on any atom is 0.257 e. The van der Waals surface area contributed by atoms with Crippen LogP contribution in [0.3, 0.4) is 0 Å². The van der Waals surface area contributed by atoms with Crippen molar-refractivity contribution in [3.8, 4) is 0 Å². The van der Waals surface area contributed by atoms with Gasteiger partial charge in [0.1, 0.15) is 5.54 Å². The molecular weight excluding hydrogens is 262 g/mol. The number of rotatable bonds is 3. The number of amides is 1. The second-order valence-corrected chi connectivity index (χ2v) is 5.36. The van der Waals surface area contributed by atoms with Crippen LogP contribution < -0.4 is 10.6 Å². The van der Waals surface area contributed by atoms with Gasteiger partial charge in [-0.2, -0.15) is 0 Å². The van der Waals surface area contributed by atoms with E-state index in [1.54, 1.807) is 6.07 Å². The van der Waals surface area contributed by atoms with Crippen molar-refractivity contribution in [2.24, 2.45) is 4.99 Å². The summed E-state index contributed by atoms with van der Waals surface area (Å²) in [5.41, 5.74) is 0.0764. The molecule has 1 heterocycles. The number of benzene rings is 1. The first-order valence-electron chi connectivity index (χ1n) is 6.41. The summed E-state index contributed by atoms with van der Waals surface area (Å²) in [6.07, 6.45) is 0.621. The number of carbonyl (C=O) groups is 1. The zero-order chi connectivity index (χ0) is 14.0. The Morgan fingerprint density at radius 3 is 2.74 bits per heavy atom. The molecule has 1 amide bonds. The Kier molecular flexibility index (Phi) is 3.80. The van der Waals surface area contributed by atoms with Crippen LogP contribution in [0, 0.1) is 0 Å². The summed E-state index contributed by atoms with van der Waals surface area (Å²) in [6.45, 7) is 5.89. The van der Waals surface area contributed by atoms with E-state index in [1.807, 2.05) is 39.0 Å². The van der Waals surface area contributed by atoms with E-state index >= 15 is 0 Å². The lowest BCUT2D eigenvalue weighted by atomic mass is 9.87. The summed E-state index contributed by atoms with van der Waals surface area (Å²) in [4.78, 5) is 16.7. The number of halogens is 1. The average Bonchev–Trinajstić information content (AvgIpc) is 2.65. The number of nitrogens with one attached hydrogen (secondary N) is 2. The molecule has 0 saturated carbocycles. The second-order valence-electron chi connectivity index (χ2n) is 4.92. The summed E-state index contributed by atoms with van der Waals surface area (Å²) in [7, 11) is 0. The maximum absolute atomic E-state index is 12.3. The van der Waals surface area contributed by atoms with Crippen molar-refractivity contribution in [2.45, 2.75) is 38.8 Å². The third-order valence-corrected chi connectivity index (χ3v) is 3.42. The number of hydrogen-bond acceptors (Lipinski definition) is 2. The summed E-state index contributed by atoms with van der Waals surface area (Å²) in [5, 5.41) is 6.63. The van der Waals surface area contributed by atoms with Gasteiger partial charge in [0.2, 0.25) is 0 Å². The van der Waals surface area contributed by atoms with Crippen molar-refractivity contribution in [1.29, 1.82) is 0 Å². The van der Waals surface area contributed by atoms with E-state index in [0.29, 0.717) is 17.4 Å². The molecule has 1 unspecified atom stereocenters. The summed E-state index contributed by atoms with van der Waals surface area (Å²) >= 11 is 6.02. The van der Waals surface area contributed by atoms with Crippen molar-refractivity contribution >= 4 is 23.5 Å². The van der Waals surface area contributed by atoms with Gasteiger partial charge in [-0.25, -0.2) is 0 Å². The molecule has 102 valence electrons. The van der Waals surface area contributed by atoms with Crippen molar-refractivity contribution in [1.82, 2.24) is 10.6 Å². The highest BCUT2D eigenvalue weighted by Gasteiger charge is 2.45. The smallest absolute Gasteiger partial charge is 0.257 e. The first-order chi connectivity index (χ1) is 8.98. The van der Waals surface area contributed by atoms with Crippen LogP contribution in [0.25, 0.3) is 0 Å². The minimum atomic E-state index is -0.779. The van der Waals surface area contributed by atoms with Crippen molar-refractivity contribution in [3.05, 3.63) is 34.9 Å². The Labute approximate surface area is 118 Å². The first kappa shape index (κ1) is 13.9. The van der Waals surface area contributed by atoms with Crippen LogP contribution in [0.15, 0.2) is 29.3 Å². The normalized spacial score (nSPS) is 24.7. The van der Waals surface area contributed by atoms with E-state index in [0.717, 1.165) is 5.56 Å². The summed E-state index contributed by atoms with van der Waals surface area (Å²) in [6, 6.07) is 7.48. The van der Waals surface area contributed by atoms with Gasteiger partial charge in [0.05, 0.1) is 0 Å². The molecule has 1 fully saturated rings. The standard InChI is InChI=1S/C14H18ClN3O/c1-4-14(10-6-5-7-11(15)8-10)12(19)17-13(18-14)16-9(2)3/h5-9H,4H2,1-3H3,(H2,16,17,18,19). The van der Waals surface area contributed by atoms with Crippen LogP contribution in [0.2, 0.25) is 5.02 Å². The maximum atomic E-state index is 12.3. The van der Waals surface area contributed by atoms with Gasteiger partial charge < -0.3 is 5.32 Å². The number of hydrogen-bond donors (Lipinski definition) is 2. The fraction of sp³-hybridized carbons (Fsp3) is 0.429. The predicted octanol–water partition coefficient (Wildman–Crippen LogP) is 2.43. The lowest BCUT2D eigenvalue weighted by Crippen LogP contribution is -2.43. The largest absolute Gasteiger partial charge is 0.338 e. The van der Waals surface area contributed by atoms with Gasteiger partial charge in [0.15, 0.2) is 5.96 Å². The Morgan fingerprint density at radius 1 is 1.42 bits per heavy atom. The first-order valence-corrected chi connectivity index (χ1v) is 6.79. The van der Waals surface area contributed by atoms with Gasteiger partial charge in [-0.1, -0.05) is 30.7 Å². The molecule has 0 spiro atoms. The molecule has 0 aliphatic carbocycles. The molecule has 1 aromatic rings. The highest BCUT2D eigenvalue weighted by molar-refractivity contribution is 6.30. The number of nitrogens with zero attached hydrogens (tertiary/aromatic N) is 1. The van der Waals surface area contributed by atoms with E-state index in [2.05, 4.69) is 15.6 Å². The highest BCUT2D eigenvalue weighted by atomic mass is 35.5. The van der Waals surface area contributed by atoms with Crippen molar-refractivity contribution in [2.75, 3.05) is 0 Å². The zero-order valence-corrected chi connectivity index (χ0v) is 12.1. The fourth-order valence-corrected chi connectivity index (χ4v) is 2.43. The minimum absolute atomic E-state index is 0.0864. The van der Waals surface area contributed by atoms with Gasteiger partial charge in [-0.05, 0) is 38.0 Å². The molecule has 1 saturated heterocycles. The lowest BCUT2D eigenvalue weighted by molar-refractivity contribution is -0.124. The molecule has 1 aromatic carbocycles. The molecule has 0 bridgehead atoms. The van der Waals surface area contributed by atoms with Crippen LogP contribution in [-0.2, 0) is 10.3 Å². The summed E-state index contributed by atoms with van der Waals surface area (Å²) < 4.78 is 0. The minimum Gasteiger partial charge on any atom is -0.338 e.